The molecule has 2 aromatic carbocycles. The summed E-state index contributed by atoms with van der Waals surface area (Å²) in [5.74, 6) is 0.685. The Balaban J connectivity index is 1.52. The van der Waals surface area contributed by atoms with Gasteiger partial charge in [-0.2, -0.15) is 13.1 Å². The molecule has 1 aromatic heterocycles. The van der Waals surface area contributed by atoms with Crippen molar-refractivity contribution in [2.45, 2.75) is 11.8 Å². The van der Waals surface area contributed by atoms with Crippen LogP contribution in [-0.4, -0.2) is 53.7 Å². The summed E-state index contributed by atoms with van der Waals surface area (Å²) < 4.78 is 46.4. The van der Waals surface area contributed by atoms with E-state index in [-0.39, 0.29) is 18.0 Å². The number of hydrogen-bond donors (Lipinski definition) is 1. The summed E-state index contributed by atoms with van der Waals surface area (Å²) in [7, 11) is -3.92. The summed E-state index contributed by atoms with van der Waals surface area (Å²) >= 11 is 0.945. The molecule has 0 radical (unpaired) electrons. The fourth-order valence-electron chi connectivity index (χ4n) is 2.98. The van der Waals surface area contributed by atoms with E-state index in [9.17, 15) is 13.2 Å². The number of rotatable bonds is 6. The predicted octanol–water partition coefficient (Wildman–Crippen LogP) is 2.11. The fraction of sp³-hybridized carbons (Fsp3) is 0.278. The molecule has 3 aromatic rings. The van der Waals surface area contributed by atoms with Gasteiger partial charge in [-0.25, -0.2) is 8.42 Å². The molecule has 1 amide bonds. The summed E-state index contributed by atoms with van der Waals surface area (Å²) in [6.45, 7) is 2.38. The molecule has 0 bridgehead atoms. The van der Waals surface area contributed by atoms with Crippen molar-refractivity contribution >= 4 is 44.4 Å². The van der Waals surface area contributed by atoms with Crippen LogP contribution in [0.1, 0.15) is 6.92 Å². The Morgan fingerprint density at radius 3 is 2.76 bits per heavy atom. The molecule has 0 saturated heterocycles. The van der Waals surface area contributed by atoms with E-state index in [2.05, 4.69) is 14.1 Å². The van der Waals surface area contributed by atoms with Gasteiger partial charge in [-0.3, -0.25) is 4.79 Å². The number of fused-ring (bicyclic) bond motifs is 2. The molecule has 152 valence electrons. The first-order chi connectivity index (χ1) is 14.0. The first-order valence-corrected chi connectivity index (χ1v) is 11.1. The molecule has 4 rings (SSSR count). The number of hydrogen-bond acceptors (Lipinski definition) is 8. The second-order valence-electron chi connectivity index (χ2n) is 6.23. The van der Waals surface area contributed by atoms with Gasteiger partial charge < -0.3 is 14.8 Å². The van der Waals surface area contributed by atoms with Crippen molar-refractivity contribution in [3.63, 3.8) is 0 Å². The maximum Gasteiger partial charge on any atom is 0.245 e. The smallest absolute Gasteiger partial charge is 0.245 e. The summed E-state index contributed by atoms with van der Waals surface area (Å²) in [5, 5.41) is 2.71. The largest absolute Gasteiger partial charge is 0.486 e. The molecule has 0 unspecified atom stereocenters. The van der Waals surface area contributed by atoms with Crippen LogP contribution >= 0.6 is 11.7 Å². The second kappa shape index (κ2) is 7.93. The SMILES string of the molecule is CCN(CC(=O)Nc1ccc2c(c1)OCCO2)S(=O)(=O)c1cccc2nsnc12. The minimum Gasteiger partial charge on any atom is -0.486 e. The van der Waals surface area contributed by atoms with Gasteiger partial charge in [0.05, 0.1) is 18.3 Å². The average molecular weight is 434 g/mol. The zero-order valence-corrected chi connectivity index (χ0v) is 17.1. The zero-order valence-electron chi connectivity index (χ0n) is 15.5. The molecular formula is C18H18N4O5S2. The van der Waals surface area contributed by atoms with Gasteiger partial charge in [0.2, 0.25) is 15.9 Å². The Kier molecular flexibility index (Phi) is 5.35. The predicted molar refractivity (Wildman–Crippen MR) is 108 cm³/mol. The van der Waals surface area contributed by atoms with Crippen molar-refractivity contribution in [3.05, 3.63) is 36.4 Å². The highest BCUT2D eigenvalue weighted by Gasteiger charge is 2.28. The molecule has 0 spiro atoms. The Hall–Kier alpha value is -2.76. The number of carbonyl (C=O) groups excluding carboxylic acids is 1. The van der Waals surface area contributed by atoms with Crippen LogP contribution in [0.15, 0.2) is 41.3 Å². The number of aromatic nitrogens is 2. The zero-order chi connectivity index (χ0) is 20.4. The van der Waals surface area contributed by atoms with E-state index in [1.54, 1.807) is 37.3 Å². The van der Waals surface area contributed by atoms with E-state index in [0.29, 0.717) is 41.4 Å². The lowest BCUT2D eigenvalue weighted by molar-refractivity contribution is -0.116. The van der Waals surface area contributed by atoms with Gasteiger partial charge in [-0.05, 0) is 24.3 Å². The second-order valence-corrected chi connectivity index (χ2v) is 8.66. The molecule has 0 aliphatic carbocycles. The van der Waals surface area contributed by atoms with E-state index >= 15 is 0 Å². The summed E-state index contributed by atoms with van der Waals surface area (Å²) in [6.07, 6.45) is 0. The highest BCUT2D eigenvalue weighted by atomic mass is 32.2. The number of anilines is 1. The highest BCUT2D eigenvalue weighted by Crippen LogP contribution is 2.32. The molecule has 11 heteroatoms. The van der Waals surface area contributed by atoms with Crippen LogP contribution in [0.5, 0.6) is 11.5 Å². The standard InChI is InChI=1S/C18H18N4O5S2/c1-2-22(29(24,25)16-5-3-4-13-18(16)21-28-20-13)11-17(23)19-12-6-7-14-15(10-12)27-9-8-26-14/h3-7,10H,2,8-9,11H2,1H3,(H,19,23). The number of nitrogens with zero attached hydrogens (tertiary/aromatic N) is 3. The molecule has 1 aliphatic rings. The van der Waals surface area contributed by atoms with E-state index in [0.717, 1.165) is 16.0 Å². The lowest BCUT2D eigenvalue weighted by Gasteiger charge is -2.21. The van der Waals surface area contributed by atoms with Crippen molar-refractivity contribution < 1.29 is 22.7 Å². The van der Waals surface area contributed by atoms with Crippen LogP contribution in [0.25, 0.3) is 11.0 Å². The Bertz CT molecular complexity index is 1160. The van der Waals surface area contributed by atoms with E-state index < -0.39 is 15.9 Å². The van der Waals surface area contributed by atoms with Crippen LogP contribution in [0.2, 0.25) is 0 Å². The van der Waals surface area contributed by atoms with E-state index in [1.807, 2.05) is 0 Å². The number of benzene rings is 2. The Labute approximate surface area is 171 Å². The molecule has 29 heavy (non-hydrogen) atoms. The van der Waals surface area contributed by atoms with Crippen LogP contribution < -0.4 is 14.8 Å². The number of likely N-dealkylation sites (N-methyl/N-ethyl adjacent to an activating group) is 1. The number of carbonyl (C=O) groups is 1. The maximum atomic E-state index is 13.1. The lowest BCUT2D eigenvalue weighted by Crippen LogP contribution is -2.38. The average Bonchev–Trinajstić information content (AvgIpc) is 3.20. The van der Waals surface area contributed by atoms with Crippen LogP contribution in [0.3, 0.4) is 0 Å². The third-order valence-corrected chi connectivity index (χ3v) is 6.86. The number of amides is 1. The van der Waals surface area contributed by atoms with Gasteiger partial charge in [0.1, 0.15) is 29.1 Å². The lowest BCUT2D eigenvalue weighted by atomic mass is 10.2. The van der Waals surface area contributed by atoms with Gasteiger partial charge >= 0.3 is 0 Å². The fourth-order valence-corrected chi connectivity index (χ4v) is 5.13. The van der Waals surface area contributed by atoms with Crippen molar-refractivity contribution in [1.82, 2.24) is 13.1 Å². The minimum absolute atomic E-state index is 0.0396. The summed E-state index contributed by atoms with van der Waals surface area (Å²) in [4.78, 5) is 12.6. The van der Waals surface area contributed by atoms with Crippen LogP contribution in [-0.2, 0) is 14.8 Å². The molecule has 0 saturated carbocycles. The first kappa shape index (κ1) is 19.6. The van der Waals surface area contributed by atoms with Crippen molar-refractivity contribution in [1.29, 1.82) is 0 Å². The molecule has 1 N–H and O–H groups in total. The van der Waals surface area contributed by atoms with Crippen molar-refractivity contribution in [2.75, 3.05) is 31.6 Å². The quantitative estimate of drug-likeness (QED) is 0.632. The molecule has 0 atom stereocenters. The van der Waals surface area contributed by atoms with Crippen molar-refractivity contribution in [3.8, 4) is 11.5 Å². The van der Waals surface area contributed by atoms with Gasteiger partial charge in [0.25, 0.3) is 0 Å². The summed E-state index contributed by atoms with van der Waals surface area (Å²) in [6, 6.07) is 9.81. The molecule has 2 heterocycles. The third kappa shape index (κ3) is 3.88. The number of nitrogens with one attached hydrogen (secondary N) is 1. The molecule has 1 aliphatic heterocycles. The summed E-state index contributed by atoms with van der Waals surface area (Å²) in [5.41, 5.74) is 1.31. The maximum absolute atomic E-state index is 13.1. The van der Waals surface area contributed by atoms with E-state index in [1.165, 1.54) is 6.07 Å². The van der Waals surface area contributed by atoms with Gasteiger partial charge in [0.15, 0.2) is 11.5 Å². The monoisotopic (exact) mass is 434 g/mol. The topological polar surface area (TPSA) is 111 Å². The highest BCUT2D eigenvalue weighted by molar-refractivity contribution is 7.89. The van der Waals surface area contributed by atoms with Crippen LogP contribution in [0.4, 0.5) is 5.69 Å². The Morgan fingerprint density at radius 1 is 1.17 bits per heavy atom. The number of sulfonamides is 1. The first-order valence-electron chi connectivity index (χ1n) is 8.90. The van der Waals surface area contributed by atoms with E-state index in [4.69, 9.17) is 9.47 Å². The minimum atomic E-state index is -3.92. The molecular weight excluding hydrogens is 416 g/mol. The third-order valence-electron chi connectivity index (χ3n) is 4.37. The van der Waals surface area contributed by atoms with Gasteiger partial charge in [-0.15, -0.1) is 0 Å². The van der Waals surface area contributed by atoms with Gasteiger partial charge in [0, 0.05) is 18.3 Å². The Morgan fingerprint density at radius 2 is 1.97 bits per heavy atom. The van der Waals surface area contributed by atoms with Crippen LogP contribution in [0, 0.1) is 0 Å². The van der Waals surface area contributed by atoms with Gasteiger partial charge in [-0.1, -0.05) is 13.0 Å². The molecule has 0 fully saturated rings. The molecule has 9 nitrogen and oxygen atoms in total. The van der Waals surface area contributed by atoms with Crippen molar-refractivity contribution in [2.24, 2.45) is 0 Å². The number of ether oxygens (including phenoxy) is 2. The normalized spacial score (nSPS) is 13.6.